The summed E-state index contributed by atoms with van der Waals surface area (Å²) < 4.78 is 10.3. The quantitative estimate of drug-likeness (QED) is 0.714. The number of rotatable bonds is 5. The molecule has 122 valence electrons. The number of ether oxygens (including phenoxy) is 2. The van der Waals surface area contributed by atoms with Gasteiger partial charge in [-0.15, -0.1) is 0 Å². The number of amides is 1. The molecule has 1 unspecified atom stereocenters. The number of nitrogen functional groups attached to an aromatic ring is 1. The summed E-state index contributed by atoms with van der Waals surface area (Å²) in [7, 11) is 0. The summed E-state index contributed by atoms with van der Waals surface area (Å²) in [5.74, 6) is -1.02. The van der Waals surface area contributed by atoms with Gasteiger partial charge in [-0.2, -0.15) is 0 Å². The van der Waals surface area contributed by atoms with E-state index in [0.717, 1.165) is 0 Å². The van der Waals surface area contributed by atoms with Crippen LogP contribution < -0.4 is 15.8 Å². The second kappa shape index (κ2) is 7.22. The van der Waals surface area contributed by atoms with Crippen molar-refractivity contribution in [3.05, 3.63) is 23.2 Å². The molecule has 0 bridgehead atoms. The molecule has 0 aliphatic rings. The SMILES string of the molecule is CC(C)(C)OC(=O)NC(COc1cc(Cl)ccc1N)C(=O)O. The van der Waals surface area contributed by atoms with Gasteiger partial charge in [-0.25, -0.2) is 9.59 Å². The summed E-state index contributed by atoms with van der Waals surface area (Å²) in [6, 6.07) is 3.29. The van der Waals surface area contributed by atoms with Crippen molar-refractivity contribution in [3.8, 4) is 5.75 Å². The zero-order valence-electron chi connectivity index (χ0n) is 12.6. The molecule has 0 saturated carbocycles. The Labute approximate surface area is 133 Å². The molecule has 0 fully saturated rings. The largest absolute Gasteiger partial charge is 0.489 e. The lowest BCUT2D eigenvalue weighted by molar-refractivity contribution is -0.140. The summed E-state index contributed by atoms with van der Waals surface area (Å²) in [6.45, 7) is 4.70. The van der Waals surface area contributed by atoms with E-state index in [1.54, 1.807) is 26.8 Å². The molecule has 1 amide bonds. The summed E-state index contributed by atoms with van der Waals surface area (Å²) in [5.41, 5.74) is 5.27. The topological polar surface area (TPSA) is 111 Å². The Morgan fingerprint density at radius 2 is 2.05 bits per heavy atom. The highest BCUT2D eigenvalue weighted by Crippen LogP contribution is 2.25. The molecular weight excluding hydrogens is 312 g/mol. The summed E-state index contributed by atoms with van der Waals surface area (Å²) in [5, 5.41) is 11.7. The van der Waals surface area contributed by atoms with Gasteiger partial charge < -0.3 is 25.6 Å². The van der Waals surface area contributed by atoms with Crippen molar-refractivity contribution in [2.45, 2.75) is 32.4 Å². The number of carbonyl (C=O) groups excluding carboxylic acids is 1. The number of carboxylic acid groups (broad SMARTS) is 1. The maximum absolute atomic E-state index is 11.6. The zero-order valence-corrected chi connectivity index (χ0v) is 13.3. The van der Waals surface area contributed by atoms with E-state index in [2.05, 4.69) is 5.32 Å². The smallest absolute Gasteiger partial charge is 0.408 e. The standard InChI is InChI=1S/C14H19ClN2O5/c1-14(2,3)22-13(20)17-10(12(18)19)7-21-11-6-8(15)4-5-9(11)16/h4-6,10H,7,16H2,1-3H3,(H,17,20)(H,18,19). The molecule has 7 nitrogen and oxygen atoms in total. The van der Waals surface area contributed by atoms with Crippen molar-refractivity contribution in [2.24, 2.45) is 0 Å². The van der Waals surface area contributed by atoms with E-state index in [0.29, 0.717) is 10.7 Å². The van der Waals surface area contributed by atoms with Crippen molar-refractivity contribution >= 4 is 29.4 Å². The molecule has 0 aliphatic heterocycles. The van der Waals surface area contributed by atoms with Gasteiger partial charge in [0.15, 0.2) is 6.04 Å². The van der Waals surface area contributed by atoms with Crippen LogP contribution in [0.1, 0.15) is 20.8 Å². The van der Waals surface area contributed by atoms with Crippen LogP contribution in [-0.2, 0) is 9.53 Å². The number of nitrogens with two attached hydrogens (primary N) is 1. The molecule has 1 aromatic carbocycles. The first-order valence-electron chi connectivity index (χ1n) is 6.48. The van der Waals surface area contributed by atoms with Gasteiger partial charge in [0.25, 0.3) is 0 Å². The van der Waals surface area contributed by atoms with Crippen LogP contribution in [0.25, 0.3) is 0 Å². The van der Waals surface area contributed by atoms with E-state index >= 15 is 0 Å². The van der Waals surface area contributed by atoms with Crippen LogP contribution >= 0.6 is 11.6 Å². The lowest BCUT2D eigenvalue weighted by Crippen LogP contribution is -2.46. The molecule has 1 aromatic rings. The van der Waals surface area contributed by atoms with E-state index in [9.17, 15) is 9.59 Å². The van der Waals surface area contributed by atoms with Crippen LogP contribution in [0.2, 0.25) is 5.02 Å². The Balaban J connectivity index is 2.67. The number of halogens is 1. The molecule has 1 rings (SSSR count). The van der Waals surface area contributed by atoms with Crippen LogP contribution in [0.15, 0.2) is 18.2 Å². The number of carbonyl (C=O) groups is 2. The molecular formula is C14H19ClN2O5. The minimum absolute atomic E-state index is 0.240. The van der Waals surface area contributed by atoms with Gasteiger partial charge in [0.05, 0.1) is 5.69 Å². The zero-order chi connectivity index (χ0) is 16.9. The number of alkyl carbamates (subject to hydrolysis) is 1. The third-order valence-electron chi connectivity index (χ3n) is 2.37. The maximum atomic E-state index is 11.6. The fourth-order valence-corrected chi connectivity index (χ4v) is 1.59. The fourth-order valence-electron chi connectivity index (χ4n) is 1.43. The third kappa shape index (κ3) is 6.09. The summed E-state index contributed by atoms with van der Waals surface area (Å²) in [4.78, 5) is 22.8. The number of hydrogen-bond acceptors (Lipinski definition) is 5. The second-order valence-corrected chi connectivity index (χ2v) is 5.97. The average molecular weight is 331 g/mol. The Morgan fingerprint density at radius 3 is 2.59 bits per heavy atom. The van der Waals surface area contributed by atoms with Crippen molar-refractivity contribution in [2.75, 3.05) is 12.3 Å². The number of hydrogen-bond donors (Lipinski definition) is 3. The van der Waals surface area contributed by atoms with E-state index < -0.39 is 23.7 Å². The van der Waals surface area contributed by atoms with E-state index in [-0.39, 0.29) is 12.4 Å². The lowest BCUT2D eigenvalue weighted by atomic mass is 10.2. The maximum Gasteiger partial charge on any atom is 0.408 e. The Bertz CT molecular complexity index is 557. The van der Waals surface area contributed by atoms with Gasteiger partial charge in [0.2, 0.25) is 0 Å². The first-order chi connectivity index (χ1) is 10.1. The summed E-state index contributed by atoms with van der Waals surface area (Å²) in [6.07, 6.45) is -0.845. The van der Waals surface area contributed by atoms with E-state index in [1.807, 2.05) is 0 Å². The minimum Gasteiger partial charge on any atom is -0.489 e. The minimum atomic E-state index is -1.28. The molecule has 22 heavy (non-hydrogen) atoms. The van der Waals surface area contributed by atoms with E-state index in [1.165, 1.54) is 12.1 Å². The van der Waals surface area contributed by atoms with Crippen LogP contribution in [0.4, 0.5) is 10.5 Å². The van der Waals surface area contributed by atoms with Crippen molar-refractivity contribution in [1.82, 2.24) is 5.32 Å². The normalized spacial score (nSPS) is 12.4. The highest BCUT2D eigenvalue weighted by Gasteiger charge is 2.24. The lowest BCUT2D eigenvalue weighted by Gasteiger charge is -2.22. The van der Waals surface area contributed by atoms with Gasteiger partial charge in [-0.3, -0.25) is 0 Å². The number of nitrogens with one attached hydrogen (secondary N) is 1. The average Bonchev–Trinajstić information content (AvgIpc) is 2.35. The Kier molecular flexibility index (Phi) is 5.87. The molecule has 0 saturated heterocycles. The van der Waals surface area contributed by atoms with Gasteiger partial charge in [0.1, 0.15) is 18.0 Å². The number of benzene rings is 1. The Hall–Kier alpha value is -2.15. The third-order valence-corrected chi connectivity index (χ3v) is 2.61. The number of aliphatic carboxylic acids is 1. The molecule has 8 heteroatoms. The van der Waals surface area contributed by atoms with Crippen molar-refractivity contribution in [3.63, 3.8) is 0 Å². The molecule has 0 radical (unpaired) electrons. The van der Waals surface area contributed by atoms with Crippen molar-refractivity contribution in [1.29, 1.82) is 0 Å². The van der Waals surface area contributed by atoms with E-state index in [4.69, 9.17) is 31.9 Å². The van der Waals surface area contributed by atoms with Gasteiger partial charge in [0, 0.05) is 11.1 Å². The van der Waals surface area contributed by atoms with Crippen molar-refractivity contribution < 1.29 is 24.2 Å². The van der Waals surface area contributed by atoms with Crippen LogP contribution in [0, 0.1) is 0 Å². The van der Waals surface area contributed by atoms with Crippen LogP contribution in [0.3, 0.4) is 0 Å². The van der Waals surface area contributed by atoms with Crippen LogP contribution in [-0.4, -0.2) is 35.4 Å². The Morgan fingerprint density at radius 1 is 1.41 bits per heavy atom. The monoisotopic (exact) mass is 330 g/mol. The predicted octanol–water partition coefficient (Wildman–Crippen LogP) is 2.28. The molecule has 0 spiro atoms. The second-order valence-electron chi connectivity index (χ2n) is 5.53. The molecule has 0 aliphatic carbocycles. The van der Waals surface area contributed by atoms with Gasteiger partial charge in [-0.05, 0) is 32.9 Å². The van der Waals surface area contributed by atoms with Gasteiger partial charge >= 0.3 is 12.1 Å². The fraction of sp³-hybridized carbons (Fsp3) is 0.429. The summed E-state index contributed by atoms with van der Waals surface area (Å²) >= 11 is 5.81. The first-order valence-corrected chi connectivity index (χ1v) is 6.86. The highest BCUT2D eigenvalue weighted by atomic mass is 35.5. The molecule has 1 atom stereocenters. The number of anilines is 1. The van der Waals surface area contributed by atoms with Crippen LogP contribution in [0.5, 0.6) is 5.75 Å². The number of carboxylic acids is 1. The first kappa shape index (κ1) is 17.9. The highest BCUT2D eigenvalue weighted by molar-refractivity contribution is 6.30. The molecule has 4 N–H and O–H groups in total. The van der Waals surface area contributed by atoms with Gasteiger partial charge in [-0.1, -0.05) is 11.6 Å². The molecule has 0 heterocycles. The predicted molar refractivity (Wildman–Crippen MR) is 82.2 cm³/mol. The molecule has 0 aromatic heterocycles.